The Labute approximate surface area is 266 Å². The van der Waals surface area contributed by atoms with Crippen LogP contribution in [0, 0.1) is 0 Å². The Bertz CT molecular complexity index is 1890. The average Bonchev–Trinajstić information content (AvgIpc) is 3.07. The Balaban J connectivity index is 0.933. The SMILES string of the molecule is Nc1ccc(N=Nc2cc[n+](CCCCCC[n+]3ccc(N=Nc4ccc(N)c5cc(O)ccc45)cc3)cc2)c2ccc(O)cc12. The molecular formula is C36H36N8O2+2. The summed E-state index contributed by atoms with van der Waals surface area (Å²) in [6.07, 6.45) is 12.6. The van der Waals surface area contributed by atoms with Gasteiger partial charge in [0.15, 0.2) is 24.8 Å². The van der Waals surface area contributed by atoms with Crippen LogP contribution in [0.4, 0.5) is 34.1 Å². The van der Waals surface area contributed by atoms with E-state index in [1.165, 1.54) is 0 Å². The number of benzene rings is 4. The minimum absolute atomic E-state index is 0.166. The number of hydrogen-bond acceptors (Lipinski definition) is 8. The fraction of sp³-hybridized carbons (Fsp3) is 0.167. The van der Waals surface area contributed by atoms with E-state index in [4.69, 9.17) is 11.5 Å². The van der Waals surface area contributed by atoms with Gasteiger partial charge in [-0.3, -0.25) is 0 Å². The van der Waals surface area contributed by atoms with Gasteiger partial charge in [-0.15, -0.1) is 10.2 Å². The van der Waals surface area contributed by atoms with Crippen LogP contribution in [0.25, 0.3) is 21.5 Å². The van der Waals surface area contributed by atoms with Crippen LogP contribution in [0.5, 0.6) is 11.5 Å². The molecule has 0 aliphatic heterocycles. The van der Waals surface area contributed by atoms with Gasteiger partial charge in [0.25, 0.3) is 0 Å². The van der Waals surface area contributed by atoms with Crippen LogP contribution in [0.3, 0.4) is 0 Å². The summed E-state index contributed by atoms with van der Waals surface area (Å²) >= 11 is 0. The summed E-state index contributed by atoms with van der Waals surface area (Å²) in [5.74, 6) is 0.333. The van der Waals surface area contributed by atoms with Gasteiger partial charge in [-0.1, -0.05) is 0 Å². The van der Waals surface area contributed by atoms with E-state index in [0.717, 1.165) is 71.7 Å². The largest absolute Gasteiger partial charge is 0.508 e. The third-order valence-electron chi connectivity index (χ3n) is 7.90. The third kappa shape index (κ3) is 7.24. The van der Waals surface area contributed by atoms with Crippen molar-refractivity contribution in [1.82, 2.24) is 0 Å². The molecule has 4 aromatic carbocycles. The maximum Gasteiger partial charge on any atom is 0.171 e. The summed E-state index contributed by atoms with van der Waals surface area (Å²) in [5.41, 5.74) is 16.2. The summed E-state index contributed by atoms with van der Waals surface area (Å²) in [7, 11) is 0. The number of phenolic OH excluding ortho intramolecular Hbond substituents is 2. The molecule has 0 aliphatic carbocycles. The van der Waals surface area contributed by atoms with Crippen LogP contribution in [0.15, 0.2) is 130 Å². The zero-order chi connectivity index (χ0) is 31.9. The van der Waals surface area contributed by atoms with Crippen LogP contribution < -0.4 is 20.6 Å². The first-order valence-corrected chi connectivity index (χ1v) is 15.3. The van der Waals surface area contributed by atoms with Crippen LogP contribution in [-0.2, 0) is 13.1 Å². The molecule has 0 saturated heterocycles. The number of aromatic nitrogens is 2. The van der Waals surface area contributed by atoms with Crippen molar-refractivity contribution in [1.29, 1.82) is 0 Å². The van der Waals surface area contributed by atoms with E-state index in [1.54, 1.807) is 48.5 Å². The number of nitrogens with two attached hydrogens (primary N) is 2. The van der Waals surface area contributed by atoms with Gasteiger partial charge in [-0.05, 0) is 73.5 Å². The molecule has 6 rings (SSSR count). The fourth-order valence-electron chi connectivity index (χ4n) is 5.36. The van der Waals surface area contributed by atoms with Crippen molar-refractivity contribution in [3.63, 3.8) is 0 Å². The summed E-state index contributed by atoms with van der Waals surface area (Å²) in [5, 5.41) is 40.4. The van der Waals surface area contributed by atoms with Crippen molar-refractivity contribution < 1.29 is 19.3 Å². The Morgan fingerprint density at radius 1 is 0.457 bits per heavy atom. The molecule has 46 heavy (non-hydrogen) atoms. The molecule has 2 aromatic heterocycles. The van der Waals surface area contributed by atoms with E-state index >= 15 is 0 Å². The topological polar surface area (TPSA) is 150 Å². The summed E-state index contributed by atoms with van der Waals surface area (Å²) in [6.45, 7) is 1.89. The highest BCUT2D eigenvalue weighted by atomic mass is 16.3. The molecule has 0 atom stereocenters. The highest BCUT2D eigenvalue weighted by Gasteiger charge is 2.08. The van der Waals surface area contributed by atoms with E-state index in [1.807, 2.05) is 61.2 Å². The zero-order valence-corrected chi connectivity index (χ0v) is 25.4. The van der Waals surface area contributed by atoms with Crippen LogP contribution in [0.2, 0.25) is 0 Å². The number of aromatic hydroxyl groups is 2. The van der Waals surface area contributed by atoms with E-state index in [-0.39, 0.29) is 11.5 Å². The maximum absolute atomic E-state index is 9.79. The smallest absolute Gasteiger partial charge is 0.171 e. The molecule has 6 aromatic rings. The van der Waals surface area contributed by atoms with Crippen molar-refractivity contribution in [2.75, 3.05) is 11.5 Å². The number of aryl methyl sites for hydroxylation is 2. The number of fused-ring (bicyclic) bond motifs is 2. The van der Waals surface area contributed by atoms with Gasteiger partial charge in [-0.25, -0.2) is 9.13 Å². The number of nitrogens with zero attached hydrogens (tertiary/aromatic N) is 6. The molecule has 0 bridgehead atoms. The van der Waals surface area contributed by atoms with Gasteiger partial charge in [0.05, 0.1) is 22.7 Å². The molecule has 10 heteroatoms. The minimum Gasteiger partial charge on any atom is -0.508 e. The quantitative estimate of drug-likeness (QED) is 0.0504. The van der Waals surface area contributed by atoms with E-state index in [0.29, 0.717) is 22.7 Å². The van der Waals surface area contributed by atoms with Gasteiger partial charge in [-0.2, -0.15) is 10.2 Å². The monoisotopic (exact) mass is 612 g/mol. The van der Waals surface area contributed by atoms with Crippen molar-refractivity contribution >= 4 is 55.7 Å². The predicted octanol–water partition coefficient (Wildman–Crippen LogP) is 8.24. The molecule has 0 unspecified atom stereocenters. The molecule has 0 fully saturated rings. The first kappa shape index (κ1) is 30.1. The summed E-state index contributed by atoms with van der Waals surface area (Å²) in [6, 6.07) is 25.2. The Kier molecular flexibility index (Phi) is 9.05. The molecule has 0 saturated carbocycles. The number of pyridine rings is 2. The molecule has 230 valence electrons. The van der Waals surface area contributed by atoms with Crippen molar-refractivity contribution in [2.24, 2.45) is 20.5 Å². The number of rotatable bonds is 11. The number of azo groups is 2. The summed E-state index contributed by atoms with van der Waals surface area (Å²) in [4.78, 5) is 0. The van der Waals surface area contributed by atoms with E-state index < -0.39 is 0 Å². The second-order valence-electron chi connectivity index (χ2n) is 11.2. The fourth-order valence-corrected chi connectivity index (χ4v) is 5.36. The molecule has 0 radical (unpaired) electrons. The normalized spacial score (nSPS) is 11.7. The third-order valence-corrected chi connectivity index (χ3v) is 7.90. The molecule has 0 aliphatic rings. The van der Waals surface area contributed by atoms with Crippen LogP contribution in [-0.4, -0.2) is 10.2 Å². The second-order valence-corrected chi connectivity index (χ2v) is 11.2. The van der Waals surface area contributed by atoms with Crippen molar-refractivity contribution in [2.45, 2.75) is 38.8 Å². The van der Waals surface area contributed by atoms with E-state index in [2.05, 4.69) is 29.6 Å². The highest BCUT2D eigenvalue weighted by Crippen LogP contribution is 2.35. The lowest BCUT2D eigenvalue weighted by molar-refractivity contribution is -0.698. The molecule has 10 nitrogen and oxygen atoms in total. The van der Waals surface area contributed by atoms with Gasteiger partial charge >= 0.3 is 0 Å². The lowest BCUT2D eigenvalue weighted by Crippen LogP contribution is -2.33. The lowest BCUT2D eigenvalue weighted by Gasteiger charge is -2.05. The van der Waals surface area contributed by atoms with Crippen LogP contribution in [0.1, 0.15) is 25.7 Å². The minimum atomic E-state index is 0.166. The summed E-state index contributed by atoms with van der Waals surface area (Å²) < 4.78 is 4.33. The van der Waals surface area contributed by atoms with Crippen LogP contribution >= 0.6 is 0 Å². The first-order valence-electron chi connectivity index (χ1n) is 15.3. The number of anilines is 2. The average molecular weight is 613 g/mol. The number of unbranched alkanes of at least 4 members (excludes halogenated alkanes) is 3. The molecule has 6 N–H and O–H groups in total. The van der Waals surface area contributed by atoms with Gasteiger partial charge in [0, 0.05) is 70.0 Å². The first-order chi connectivity index (χ1) is 22.4. The Morgan fingerprint density at radius 3 is 1.28 bits per heavy atom. The molecular weight excluding hydrogens is 576 g/mol. The molecule has 0 amide bonds. The Morgan fingerprint density at radius 2 is 0.870 bits per heavy atom. The molecule has 0 spiro atoms. The van der Waals surface area contributed by atoms with Gasteiger partial charge in [0.1, 0.15) is 24.6 Å². The number of hydrogen-bond donors (Lipinski definition) is 4. The highest BCUT2D eigenvalue weighted by molar-refractivity contribution is 6.01. The van der Waals surface area contributed by atoms with Crippen molar-refractivity contribution in [3.8, 4) is 11.5 Å². The zero-order valence-electron chi connectivity index (χ0n) is 25.4. The van der Waals surface area contributed by atoms with E-state index in [9.17, 15) is 10.2 Å². The number of nitrogen functional groups attached to an aromatic ring is 2. The lowest BCUT2D eigenvalue weighted by atomic mass is 10.1. The van der Waals surface area contributed by atoms with Crippen molar-refractivity contribution in [3.05, 3.63) is 110 Å². The predicted molar refractivity (Wildman–Crippen MR) is 180 cm³/mol. The Hall–Kier alpha value is -5.90. The standard InChI is InChI=1S/C36H34N8O2/c37-33-9-11-35(29-7-5-27(45)23-31(29)33)41-39-25-13-19-43(20-14-25)17-3-1-2-4-18-44-21-15-26(16-22-44)40-42-36-12-10-34(38)32-24-28(46)6-8-30(32)36/h5-16,19-24,37-38H,1-4,17-18H2,(H2,41,42,45,46)/p+2. The maximum atomic E-state index is 9.79. The molecule has 2 heterocycles. The van der Waals surface area contributed by atoms with Gasteiger partial charge in [0.2, 0.25) is 0 Å². The van der Waals surface area contributed by atoms with Gasteiger partial charge < -0.3 is 21.7 Å². The number of phenols is 2. The second kappa shape index (κ2) is 13.8.